The highest BCUT2D eigenvalue weighted by Crippen LogP contribution is 2.21. The lowest BCUT2D eigenvalue weighted by Crippen LogP contribution is -2.17. The standard InChI is InChI=1S/C15H10FN5O6S/c16-9-1-3-10(4-2-9)28(26,27)21-7-8(15(24)25)5-11(21)12(22)6-13(23)14-17-19-20-18-14/h1-7,23H,(H,24,25)(H,17,18,19,20). The maximum Gasteiger partial charge on any atom is 0.337 e. The van der Waals surface area contributed by atoms with Gasteiger partial charge >= 0.3 is 5.97 Å². The van der Waals surface area contributed by atoms with Gasteiger partial charge in [0.15, 0.2) is 5.76 Å². The van der Waals surface area contributed by atoms with E-state index in [4.69, 9.17) is 5.11 Å². The lowest BCUT2D eigenvalue weighted by molar-refractivity contribution is 0.0697. The molecule has 0 aliphatic rings. The average Bonchev–Trinajstić information content (AvgIpc) is 3.32. The van der Waals surface area contributed by atoms with Gasteiger partial charge in [0, 0.05) is 12.3 Å². The molecule has 0 fully saturated rings. The molecule has 0 aliphatic carbocycles. The Morgan fingerprint density at radius 1 is 1.18 bits per heavy atom. The van der Waals surface area contributed by atoms with Gasteiger partial charge in [-0.05, 0) is 35.5 Å². The second-order valence-electron chi connectivity index (χ2n) is 5.30. The van der Waals surface area contributed by atoms with Crippen LogP contribution in [0, 0.1) is 5.82 Å². The van der Waals surface area contributed by atoms with Gasteiger partial charge in [-0.15, -0.1) is 10.2 Å². The van der Waals surface area contributed by atoms with Crippen LogP contribution in [-0.2, 0) is 10.0 Å². The fourth-order valence-electron chi connectivity index (χ4n) is 2.19. The Kier molecular flexibility index (Phi) is 4.75. The number of hydrogen-bond donors (Lipinski definition) is 3. The van der Waals surface area contributed by atoms with E-state index in [1.165, 1.54) is 0 Å². The smallest absolute Gasteiger partial charge is 0.337 e. The van der Waals surface area contributed by atoms with Crippen LogP contribution in [0.15, 0.2) is 47.5 Å². The number of carboxylic acid groups (broad SMARTS) is 1. The van der Waals surface area contributed by atoms with Crippen LogP contribution in [0.4, 0.5) is 4.39 Å². The normalized spacial score (nSPS) is 12.1. The topological polar surface area (TPSA) is 168 Å². The Balaban J connectivity index is 2.12. The number of carbonyl (C=O) groups is 2. The van der Waals surface area contributed by atoms with Crippen molar-refractivity contribution in [2.45, 2.75) is 4.90 Å². The zero-order valence-corrected chi connectivity index (χ0v) is 14.5. The van der Waals surface area contributed by atoms with Crippen molar-refractivity contribution in [3.05, 3.63) is 65.5 Å². The molecule has 11 nitrogen and oxygen atoms in total. The fourth-order valence-corrected chi connectivity index (χ4v) is 3.55. The molecule has 3 N–H and O–H groups in total. The molecular weight excluding hydrogens is 397 g/mol. The Labute approximate surface area is 155 Å². The molecule has 0 saturated heterocycles. The largest absolute Gasteiger partial charge is 0.504 e. The van der Waals surface area contributed by atoms with Gasteiger partial charge in [0.25, 0.3) is 10.0 Å². The Bertz CT molecular complexity index is 1180. The van der Waals surface area contributed by atoms with Crippen LogP contribution in [0.5, 0.6) is 0 Å². The minimum atomic E-state index is -4.43. The van der Waals surface area contributed by atoms with E-state index in [2.05, 4.69) is 20.6 Å². The van der Waals surface area contributed by atoms with Crippen molar-refractivity contribution >= 4 is 27.5 Å². The summed E-state index contributed by atoms with van der Waals surface area (Å²) in [6.07, 6.45) is 1.34. The van der Waals surface area contributed by atoms with Crippen molar-refractivity contribution in [2.24, 2.45) is 0 Å². The van der Waals surface area contributed by atoms with E-state index < -0.39 is 44.6 Å². The van der Waals surface area contributed by atoms with E-state index in [0.29, 0.717) is 10.0 Å². The third-order valence-electron chi connectivity index (χ3n) is 3.50. The first kappa shape index (κ1) is 18.9. The number of aromatic amines is 1. The number of nitrogens with one attached hydrogen (secondary N) is 1. The Morgan fingerprint density at radius 3 is 2.43 bits per heavy atom. The summed E-state index contributed by atoms with van der Waals surface area (Å²) in [7, 11) is -4.43. The number of halogens is 1. The van der Waals surface area contributed by atoms with E-state index in [0.717, 1.165) is 36.5 Å². The first-order valence-corrected chi connectivity index (χ1v) is 8.80. The van der Waals surface area contributed by atoms with Crippen molar-refractivity contribution in [2.75, 3.05) is 0 Å². The number of benzene rings is 1. The summed E-state index contributed by atoms with van der Waals surface area (Å²) >= 11 is 0. The molecule has 3 rings (SSSR count). The van der Waals surface area contributed by atoms with Crippen LogP contribution >= 0.6 is 0 Å². The van der Waals surface area contributed by atoms with E-state index in [1.807, 2.05) is 0 Å². The summed E-state index contributed by atoms with van der Waals surface area (Å²) in [6, 6.07) is 4.56. The van der Waals surface area contributed by atoms with Crippen LogP contribution in [0.3, 0.4) is 0 Å². The fraction of sp³-hybridized carbons (Fsp3) is 0. The molecule has 1 aromatic carbocycles. The van der Waals surface area contributed by atoms with Gasteiger partial charge in [0.05, 0.1) is 10.5 Å². The minimum Gasteiger partial charge on any atom is -0.504 e. The lowest BCUT2D eigenvalue weighted by Gasteiger charge is -2.09. The van der Waals surface area contributed by atoms with Crippen molar-refractivity contribution < 1.29 is 32.6 Å². The molecule has 13 heteroatoms. The van der Waals surface area contributed by atoms with Gasteiger partial charge < -0.3 is 10.2 Å². The maximum absolute atomic E-state index is 13.1. The summed E-state index contributed by atoms with van der Waals surface area (Å²) in [4.78, 5) is 23.3. The summed E-state index contributed by atoms with van der Waals surface area (Å²) in [5.41, 5.74) is -1.06. The number of rotatable bonds is 6. The Morgan fingerprint density at radius 2 is 1.86 bits per heavy atom. The van der Waals surface area contributed by atoms with E-state index >= 15 is 0 Å². The first-order valence-electron chi connectivity index (χ1n) is 7.36. The maximum atomic E-state index is 13.1. The van der Waals surface area contributed by atoms with Crippen LogP contribution in [0.1, 0.15) is 26.7 Å². The van der Waals surface area contributed by atoms with Gasteiger partial charge in [-0.1, -0.05) is 0 Å². The summed E-state index contributed by atoms with van der Waals surface area (Å²) in [5.74, 6) is -4.25. The molecule has 0 aliphatic heterocycles. The molecule has 28 heavy (non-hydrogen) atoms. The number of aliphatic hydroxyl groups excluding tert-OH is 1. The SMILES string of the molecule is O=C(O)c1cc(C(=O)C=C(O)c2nn[nH]n2)n(S(=O)(=O)c2ccc(F)cc2)c1. The van der Waals surface area contributed by atoms with Crippen LogP contribution in [0.2, 0.25) is 0 Å². The molecule has 0 atom stereocenters. The molecule has 144 valence electrons. The molecule has 0 saturated carbocycles. The number of carbonyl (C=O) groups excluding carboxylic acids is 1. The number of aromatic nitrogens is 5. The molecule has 0 unspecified atom stereocenters. The lowest BCUT2D eigenvalue weighted by atomic mass is 10.2. The quantitative estimate of drug-likeness (QED) is 0.305. The molecule has 0 bridgehead atoms. The number of carboxylic acids is 1. The van der Waals surface area contributed by atoms with Crippen molar-refractivity contribution in [1.82, 2.24) is 24.6 Å². The highest BCUT2D eigenvalue weighted by Gasteiger charge is 2.26. The van der Waals surface area contributed by atoms with E-state index in [1.54, 1.807) is 0 Å². The van der Waals surface area contributed by atoms with Crippen LogP contribution < -0.4 is 0 Å². The Hall–Kier alpha value is -3.87. The molecule has 3 aromatic rings. The molecule has 0 spiro atoms. The second-order valence-corrected chi connectivity index (χ2v) is 7.12. The van der Waals surface area contributed by atoms with Crippen molar-refractivity contribution in [1.29, 1.82) is 0 Å². The summed E-state index contributed by atoms with van der Waals surface area (Å²) in [5, 5.41) is 31.1. The van der Waals surface area contributed by atoms with E-state index in [9.17, 15) is 27.5 Å². The number of aromatic carboxylic acids is 1. The van der Waals surface area contributed by atoms with Gasteiger partial charge in [0.1, 0.15) is 11.5 Å². The van der Waals surface area contributed by atoms with Gasteiger partial charge in [-0.25, -0.2) is 21.6 Å². The van der Waals surface area contributed by atoms with Crippen molar-refractivity contribution in [3.63, 3.8) is 0 Å². The number of hydrogen-bond acceptors (Lipinski definition) is 8. The highest BCUT2D eigenvalue weighted by molar-refractivity contribution is 7.90. The number of allylic oxidation sites excluding steroid dienone is 1. The summed E-state index contributed by atoms with van der Waals surface area (Å²) < 4.78 is 39.1. The van der Waals surface area contributed by atoms with Crippen LogP contribution in [-0.4, -0.2) is 55.0 Å². The molecule has 2 aromatic heterocycles. The minimum absolute atomic E-state index is 0.327. The number of nitrogens with zero attached hydrogens (tertiary/aromatic N) is 4. The average molecular weight is 407 g/mol. The highest BCUT2D eigenvalue weighted by atomic mass is 32.2. The number of H-pyrrole nitrogens is 1. The van der Waals surface area contributed by atoms with Crippen molar-refractivity contribution in [3.8, 4) is 0 Å². The molecule has 2 heterocycles. The molecule has 0 radical (unpaired) electrons. The van der Waals surface area contributed by atoms with E-state index in [-0.39, 0.29) is 10.7 Å². The third-order valence-corrected chi connectivity index (χ3v) is 5.19. The molecule has 0 amide bonds. The molecular formula is C15H10FN5O6S. The third kappa shape index (κ3) is 3.50. The zero-order valence-electron chi connectivity index (χ0n) is 13.6. The summed E-state index contributed by atoms with van der Waals surface area (Å²) in [6.45, 7) is 0. The van der Waals surface area contributed by atoms with Crippen LogP contribution in [0.25, 0.3) is 5.76 Å². The second kappa shape index (κ2) is 7.03. The first-order chi connectivity index (χ1) is 13.2. The number of ketones is 1. The predicted molar refractivity (Wildman–Crippen MR) is 89.5 cm³/mol. The van der Waals surface area contributed by atoms with Gasteiger partial charge in [0.2, 0.25) is 11.6 Å². The number of aliphatic hydroxyl groups is 1. The van der Waals surface area contributed by atoms with Gasteiger partial charge in [-0.2, -0.15) is 5.21 Å². The zero-order chi connectivity index (χ0) is 20.5. The number of tetrazole rings is 1. The monoisotopic (exact) mass is 407 g/mol. The van der Waals surface area contributed by atoms with Gasteiger partial charge in [-0.3, -0.25) is 4.79 Å². The predicted octanol–water partition coefficient (Wildman–Crippen LogP) is 0.857.